The highest BCUT2D eigenvalue weighted by Crippen LogP contribution is 2.23. The highest BCUT2D eigenvalue weighted by Gasteiger charge is 2.28. The monoisotopic (exact) mass is 320 g/mol. The fourth-order valence-electron chi connectivity index (χ4n) is 1.80. The number of sulfonamides is 1. The van der Waals surface area contributed by atoms with Gasteiger partial charge in [-0.05, 0) is 25.3 Å². The molecule has 0 radical (unpaired) electrons. The number of thiophene rings is 1. The normalized spacial score (nSPS) is 13.1. The number of methoxy groups -OCH3 is 1. The SMILES string of the molecule is COCC(C)(C)NS(=O)(=O)c1ccsc1CNC(C)C. The van der Waals surface area contributed by atoms with E-state index in [0.29, 0.717) is 24.1 Å². The number of hydrogen-bond donors (Lipinski definition) is 2. The van der Waals surface area contributed by atoms with Crippen LogP contribution in [0.1, 0.15) is 32.6 Å². The van der Waals surface area contributed by atoms with E-state index in [1.165, 1.54) is 11.3 Å². The molecule has 2 N–H and O–H groups in total. The molecule has 116 valence electrons. The molecule has 0 fully saturated rings. The van der Waals surface area contributed by atoms with Gasteiger partial charge in [-0.15, -0.1) is 11.3 Å². The first-order valence-electron chi connectivity index (χ1n) is 6.50. The third-order valence-corrected chi connectivity index (χ3v) is 5.41. The maximum absolute atomic E-state index is 12.5. The van der Waals surface area contributed by atoms with E-state index in [1.807, 2.05) is 13.8 Å². The van der Waals surface area contributed by atoms with Crippen molar-refractivity contribution in [1.82, 2.24) is 10.0 Å². The first kappa shape index (κ1) is 17.6. The Morgan fingerprint density at radius 1 is 1.40 bits per heavy atom. The van der Waals surface area contributed by atoms with Gasteiger partial charge < -0.3 is 10.1 Å². The van der Waals surface area contributed by atoms with Gasteiger partial charge in [0.2, 0.25) is 10.0 Å². The summed E-state index contributed by atoms with van der Waals surface area (Å²) in [6.07, 6.45) is 0. The summed E-state index contributed by atoms with van der Waals surface area (Å²) in [6, 6.07) is 1.96. The zero-order valence-electron chi connectivity index (χ0n) is 12.7. The molecule has 0 aliphatic heterocycles. The van der Waals surface area contributed by atoms with Crippen molar-refractivity contribution in [1.29, 1.82) is 0 Å². The van der Waals surface area contributed by atoms with Gasteiger partial charge in [-0.1, -0.05) is 13.8 Å². The van der Waals surface area contributed by atoms with Gasteiger partial charge in [0.05, 0.1) is 17.0 Å². The van der Waals surface area contributed by atoms with E-state index < -0.39 is 15.6 Å². The van der Waals surface area contributed by atoms with Gasteiger partial charge >= 0.3 is 0 Å². The molecule has 0 bridgehead atoms. The van der Waals surface area contributed by atoms with Gasteiger partial charge in [-0.25, -0.2) is 13.1 Å². The lowest BCUT2D eigenvalue weighted by Crippen LogP contribution is -2.46. The number of rotatable bonds is 8. The zero-order chi connectivity index (χ0) is 15.4. The second kappa shape index (κ2) is 7.00. The maximum atomic E-state index is 12.5. The van der Waals surface area contributed by atoms with Gasteiger partial charge in [0.1, 0.15) is 0 Å². The molecule has 0 saturated heterocycles. The summed E-state index contributed by atoms with van der Waals surface area (Å²) < 4.78 is 32.7. The minimum absolute atomic E-state index is 0.311. The van der Waals surface area contributed by atoms with Crippen LogP contribution in [-0.2, 0) is 21.3 Å². The molecule has 0 spiro atoms. The Balaban J connectivity index is 2.90. The highest BCUT2D eigenvalue weighted by atomic mass is 32.2. The topological polar surface area (TPSA) is 67.4 Å². The van der Waals surface area contributed by atoms with Gasteiger partial charge in [0.25, 0.3) is 0 Å². The fraction of sp³-hybridized carbons (Fsp3) is 0.692. The Morgan fingerprint density at radius 3 is 2.60 bits per heavy atom. The van der Waals surface area contributed by atoms with Crippen LogP contribution < -0.4 is 10.0 Å². The van der Waals surface area contributed by atoms with Crippen molar-refractivity contribution >= 4 is 21.4 Å². The molecular formula is C13H24N2O3S2. The molecular weight excluding hydrogens is 296 g/mol. The van der Waals surface area contributed by atoms with Crippen LogP contribution in [0.25, 0.3) is 0 Å². The number of nitrogens with one attached hydrogen (secondary N) is 2. The largest absolute Gasteiger partial charge is 0.383 e. The van der Waals surface area contributed by atoms with Crippen LogP contribution in [0.15, 0.2) is 16.3 Å². The lowest BCUT2D eigenvalue weighted by atomic mass is 10.1. The van der Waals surface area contributed by atoms with Crippen LogP contribution in [0.4, 0.5) is 0 Å². The van der Waals surface area contributed by atoms with Crippen molar-refractivity contribution in [2.75, 3.05) is 13.7 Å². The van der Waals surface area contributed by atoms with E-state index in [0.717, 1.165) is 4.88 Å². The van der Waals surface area contributed by atoms with Crippen molar-refractivity contribution in [3.05, 3.63) is 16.3 Å². The Labute approximate surface area is 125 Å². The van der Waals surface area contributed by atoms with Crippen LogP contribution in [0.5, 0.6) is 0 Å². The molecule has 0 aromatic carbocycles. The first-order chi connectivity index (χ1) is 9.18. The summed E-state index contributed by atoms with van der Waals surface area (Å²) in [4.78, 5) is 1.17. The quantitative estimate of drug-likeness (QED) is 0.768. The summed E-state index contributed by atoms with van der Waals surface area (Å²) in [5.41, 5.74) is -0.641. The molecule has 0 aliphatic rings. The average molecular weight is 320 g/mol. The summed E-state index contributed by atoms with van der Waals surface area (Å²) in [5, 5.41) is 5.04. The van der Waals surface area contributed by atoms with Crippen LogP contribution >= 0.6 is 11.3 Å². The number of hydrogen-bond acceptors (Lipinski definition) is 5. The van der Waals surface area contributed by atoms with Crippen molar-refractivity contribution < 1.29 is 13.2 Å². The van der Waals surface area contributed by atoms with Crippen LogP contribution in [0.2, 0.25) is 0 Å². The standard InChI is InChI=1S/C13H24N2O3S2/c1-10(2)14-8-11-12(6-7-19-11)20(16,17)15-13(3,4)9-18-5/h6-7,10,14-15H,8-9H2,1-5H3. The zero-order valence-corrected chi connectivity index (χ0v) is 14.3. The van der Waals surface area contributed by atoms with Gasteiger partial charge in [-0.2, -0.15) is 0 Å². The van der Waals surface area contributed by atoms with Crippen molar-refractivity contribution in [2.45, 2.75) is 50.7 Å². The van der Waals surface area contributed by atoms with E-state index in [4.69, 9.17) is 4.74 Å². The Bertz CT molecular complexity index is 521. The lowest BCUT2D eigenvalue weighted by Gasteiger charge is -2.25. The molecule has 1 rings (SSSR count). The molecule has 0 atom stereocenters. The lowest BCUT2D eigenvalue weighted by molar-refractivity contribution is 0.141. The summed E-state index contributed by atoms with van der Waals surface area (Å²) in [7, 11) is -1.98. The van der Waals surface area contributed by atoms with Crippen molar-refractivity contribution in [2.24, 2.45) is 0 Å². The molecule has 5 nitrogen and oxygen atoms in total. The van der Waals surface area contributed by atoms with E-state index in [2.05, 4.69) is 10.0 Å². The molecule has 0 aliphatic carbocycles. The van der Waals surface area contributed by atoms with Crippen molar-refractivity contribution in [3.63, 3.8) is 0 Å². The van der Waals surface area contributed by atoms with Crippen LogP contribution in [-0.4, -0.2) is 33.7 Å². The van der Waals surface area contributed by atoms with Gasteiger partial charge in [0.15, 0.2) is 0 Å². The maximum Gasteiger partial charge on any atom is 0.242 e. The Kier molecular flexibility index (Phi) is 6.15. The molecule has 1 heterocycles. The van der Waals surface area contributed by atoms with E-state index >= 15 is 0 Å². The molecule has 20 heavy (non-hydrogen) atoms. The van der Waals surface area contributed by atoms with E-state index in [1.54, 1.807) is 32.4 Å². The predicted octanol–water partition coefficient (Wildman–Crippen LogP) is 1.95. The average Bonchev–Trinajstić information content (AvgIpc) is 2.73. The third kappa shape index (κ3) is 5.14. The second-order valence-electron chi connectivity index (χ2n) is 5.67. The highest BCUT2D eigenvalue weighted by molar-refractivity contribution is 7.89. The minimum atomic E-state index is -3.53. The fourth-order valence-corrected chi connectivity index (χ4v) is 4.60. The predicted molar refractivity (Wildman–Crippen MR) is 82.6 cm³/mol. The molecule has 7 heteroatoms. The third-order valence-electron chi connectivity index (χ3n) is 2.58. The molecule has 0 saturated carbocycles. The van der Waals surface area contributed by atoms with Gasteiger partial charge in [0, 0.05) is 24.6 Å². The summed E-state index contributed by atoms with van der Waals surface area (Å²) >= 11 is 1.44. The smallest absolute Gasteiger partial charge is 0.242 e. The molecule has 1 aromatic heterocycles. The Morgan fingerprint density at radius 2 is 2.05 bits per heavy atom. The van der Waals surface area contributed by atoms with E-state index in [-0.39, 0.29) is 0 Å². The molecule has 0 unspecified atom stereocenters. The van der Waals surface area contributed by atoms with Crippen LogP contribution in [0, 0.1) is 0 Å². The second-order valence-corrected chi connectivity index (χ2v) is 8.32. The molecule has 1 aromatic rings. The minimum Gasteiger partial charge on any atom is -0.383 e. The van der Waals surface area contributed by atoms with Crippen LogP contribution in [0.3, 0.4) is 0 Å². The van der Waals surface area contributed by atoms with Crippen molar-refractivity contribution in [3.8, 4) is 0 Å². The Hall–Kier alpha value is -0.470. The molecule has 0 amide bonds. The first-order valence-corrected chi connectivity index (χ1v) is 8.87. The van der Waals surface area contributed by atoms with Gasteiger partial charge in [-0.3, -0.25) is 0 Å². The number of ether oxygens (including phenoxy) is 1. The van der Waals surface area contributed by atoms with E-state index in [9.17, 15) is 8.42 Å². The summed E-state index contributed by atoms with van der Waals surface area (Å²) in [5.74, 6) is 0. The summed E-state index contributed by atoms with van der Waals surface area (Å²) in [6.45, 7) is 8.52.